The summed E-state index contributed by atoms with van der Waals surface area (Å²) in [6.45, 7) is 4.95. The Hall–Kier alpha value is -1.10. The van der Waals surface area contributed by atoms with Gasteiger partial charge in [0.05, 0.1) is 12.1 Å². The van der Waals surface area contributed by atoms with Gasteiger partial charge in [0, 0.05) is 10.7 Å². The summed E-state index contributed by atoms with van der Waals surface area (Å²) in [5.74, 6) is 0.505. The molecule has 3 rings (SSSR count). The number of halogens is 1. The lowest BCUT2D eigenvalue weighted by atomic mass is 9.81. The van der Waals surface area contributed by atoms with Gasteiger partial charge in [0.15, 0.2) is 0 Å². The molecule has 4 nitrogen and oxygen atoms in total. The van der Waals surface area contributed by atoms with Gasteiger partial charge in [-0.3, -0.25) is 4.79 Å². The zero-order valence-corrected chi connectivity index (χ0v) is 13.0. The van der Waals surface area contributed by atoms with Crippen LogP contribution in [0.3, 0.4) is 0 Å². The minimum atomic E-state index is -0.268. The summed E-state index contributed by atoms with van der Waals surface area (Å²) >= 11 is 5.93. The lowest BCUT2D eigenvalue weighted by molar-refractivity contribution is -0.144. The molecule has 1 aromatic rings. The number of rotatable bonds is 2. The molecule has 1 N–H and O–H groups in total. The summed E-state index contributed by atoms with van der Waals surface area (Å²) in [5, 5.41) is 4.06. The van der Waals surface area contributed by atoms with E-state index in [1.165, 1.54) is 0 Å². The highest BCUT2D eigenvalue weighted by Crippen LogP contribution is 2.34. The van der Waals surface area contributed by atoms with Gasteiger partial charge >= 0.3 is 0 Å². The normalized spacial score (nSPS) is 27.9. The van der Waals surface area contributed by atoms with Crippen LogP contribution in [0.5, 0.6) is 0 Å². The summed E-state index contributed by atoms with van der Waals surface area (Å²) in [4.78, 5) is 14.0. The van der Waals surface area contributed by atoms with Crippen LogP contribution in [0, 0.1) is 5.92 Å². The van der Waals surface area contributed by atoms with Crippen LogP contribution in [-0.2, 0) is 9.53 Å². The number of nitrogens with zero attached hydrogens (tertiary/aromatic N) is 1. The molecule has 21 heavy (non-hydrogen) atoms. The fraction of sp³-hybridized carbons (Fsp3) is 0.562. The third-order valence-corrected chi connectivity index (χ3v) is 4.89. The second-order valence-electron chi connectivity index (χ2n) is 6.08. The maximum absolute atomic E-state index is 12.2. The maximum Gasteiger partial charge on any atom is 0.253 e. The van der Waals surface area contributed by atoms with E-state index in [0.29, 0.717) is 17.5 Å². The quantitative estimate of drug-likeness (QED) is 0.912. The highest BCUT2D eigenvalue weighted by Gasteiger charge is 2.42. The largest absolute Gasteiger partial charge is 0.363 e. The van der Waals surface area contributed by atoms with Crippen molar-refractivity contribution in [3.63, 3.8) is 0 Å². The van der Waals surface area contributed by atoms with E-state index in [9.17, 15) is 4.79 Å². The highest BCUT2D eigenvalue weighted by molar-refractivity contribution is 6.30. The van der Waals surface area contributed by atoms with Crippen molar-refractivity contribution in [2.75, 3.05) is 31.1 Å². The summed E-state index contributed by atoms with van der Waals surface area (Å²) in [5.41, 5.74) is 0.628. The van der Waals surface area contributed by atoms with E-state index >= 15 is 0 Å². The zero-order chi connectivity index (χ0) is 14.9. The number of nitrogens with one attached hydrogen (secondary N) is 1. The summed E-state index contributed by atoms with van der Waals surface area (Å²) < 4.78 is 5.95. The van der Waals surface area contributed by atoms with Crippen LogP contribution in [0.2, 0.25) is 5.02 Å². The molecule has 2 aliphatic rings. The molecular formula is C16H21ClN2O2. The molecule has 5 heteroatoms. The molecule has 2 heterocycles. The number of carbonyl (C=O) groups is 1. The Bertz CT molecular complexity index is 514. The SMILES string of the molecule is CC1(C2CCNCC2)CN(c2ccc(Cl)cc2)C(=O)CO1. The molecule has 2 saturated heterocycles. The zero-order valence-electron chi connectivity index (χ0n) is 12.3. The molecular weight excluding hydrogens is 288 g/mol. The first kappa shape index (κ1) is 14.8. The summed E-state index contributed by atoms with van der Waals surface area (Å²) in [6, 6.07) is 7.44. The highest BCUT2D eigenvalue weighted by atomic mass is 35.5. The fourth-order valence-corrected chi connectivity index (χ4v) is 3.41. The average molecular weight is 309 g/mol. The molecule has 0 radical (unpaired) electrons. The van der Waals surface area contributed by atoms with Crippen LogP contribution in [0.4, 0.5) is 5.69 Å². The molecule has 1 aromatic carbocycles. The Labute approximate surface area is 130 Å². The van der Waals surface area contributed by atoms with Crippen LogP contribution in [0.1, 0.15) is 19.8 Å². The number of carbonyl (C=O) groups excluding carboxylic acids is 1. The topological polar surface area (TPSA) is 41.6 Å². The Kier molecular flexibility index (Phi) is 4.20. The van der Waals surface area contributed by atoms with Gasteiger partial charge in [0.25, 0.3) is 5.91 Å². The smallest absolute Gasteiger partial charge is 0.253 e. The van der Waals surface area contributed by atoms with Crippen LogP contribution in [0.15, 0.2) is 24.3 Å². The third-order valence-electron chi connectivity index (χ3n) is 4.64. The third kappa shape index (κ3) is 3.07. The van der Waals surface area contributed by atoms with E-state index in [-0.39, 0.29) is 18.1 Å². The molecule has 0 aromatic heterocycles. The van der Waals surface area contributed by atoms with Gasteiger partial charge in [-0.15, -0.1) is 0 Å². The number of piperidine rings is 1. The number of amides is 1. The van der Waals surface area contributed by atoms with Gasteiger partial charge in [-0.25, -0.2) is 0 Å². The van der Waals surface area contributed by atoms with Crippen molar-refractivity contribution in [2.45, 2.75) is 25.4 Å². The van der Waals surface area contributed by atoms with Crippen molar-refractivity contribution in [1.82, 2.24) is 5.32 Å². The molecule has 1 atom stereocenters. The van der Waals surface area contributed by atoms with Crippen molar-refractivity contribution in [1.29, 1.82) is 0 Å². The fourth-order valence-electron chi connectivity index (χ4n) is 3.29. The molecule has 1 amide bonds. The second-order valence-corrected chi connectivity index (χ2v) is 6.52. The molecule has 2 aliphatic heterocycles. The van der Waals surface area contributed by atoms with E-state index in [1.54, 1.807) is 0 Å². The number of anilines is 1. The molecule has 1 unspecified atom stereocenters. The van der Waals surface area contributed by atoms with Gasteiger partial charge in [0.2, 0.25) is 0 Å². The lowest BCUT2D eigenvalue weighted by Gasteiger charge is -2.46. The van der Waals surface area contributed by atoms with Gasteiger partial charge in [-0.2, -0.15) is 0 Å². The number of hydrogen-bond donors (Lipinski definition) is 1. The molecule has 0 aliphatic carbocycles. The number of morpholine rings is 1. The lowest BCUT2D eigenvalue weighted by Crippen LogP contribution is -2.58. The van der Waals surface area contributed by atoms with E-state index in [2.05, 4.69) is 12.2 Å². The number of benzene rings is 1. The molecule has 2 fully saturated rings. The maximum atomic E-state index is 12.2. The van der Waals surface area contributed by atoms with Crippen LogP contribution < -0.4 is 10.2 Å². The van der Waals surface area contributed by atoms with Crippen molar-refractivity contribution in [3.8, 4) is 0 Å². The van der Waals surface area contributed by atoms with Crippen molar-refractivity contribution in [2.24, 2.45) is 5.92 Å². The Balaban J connectivity index is 1.80. The van der Waals surface area contributed by atoms with E-state index < -0.39 is 0 Å². The Morgan fingerprint density at radius 3 is 2.62 bits per heavy atom. The van der Waals surface area contributed by atoms with Crippen LogP contribution in [-0.4, -0.2) is 37.7 Å². The molecule has 0 spiro atoms. The average Bonchev–Trinajstić information content (AvgIpc) is 2.52. The minimum Gasteiger partial charge on any atom is -0.363 e. The first-order valence-corrected chi connectivity index (χ1v) is 7.87. The second kappa shape index (κ2) is 5.95. The summed E-state index contributed by atoms with van der Waals surface area (Å²) in [6.07, 6.45) is 2.19. The van der Waals surface area contributed by atoms with Gasteiger partial charge < -0.3 is 15.0 Å². The van der Waals surface area contributed by atoms with E-state index in [0.717, 1.165) is 31.6 Å². The number of ether oxygens (including phenoxy) is 1. The molecule has 0 saturated carbocycles. The van der Waals surface area contributed by atoms with Crippen molar-refractivity contribution >= 4 is 23.2 Å². The predicted molar refractivity (Wildman–Crippen MR) is 83.8 cm³/mol. The molecule has 0 bridgehead atoms. The summed E-state index contributed by atoms with van der Waals surface area (Å²) in [7, 11) is 0. The van der Waals surface area contributed by atoms with Gasteiger partial charge in [-0.1, -0.05) is 11.6 Å². The van der Waals surface area contributed by atoms with Gasteiger partial charge in [0.1, 0.15) is 6.61 Å². The first-order valence-electron chi connectivity index (χ1n) is 7.49. The Morgan fingerprint density at radius 1 is 1.29 bits per heavy atom. The van der Waals surface area contributed by atoms with E-state index in [4.69, 9.17) is 16.3 Å². The van der Waals surface area contributed by atoms with Gasteiger partial charge in [-0.05, 0) is 63.0 Å². The Morgan fingerprint density at radius 2 is 1.95 bits per heavy atom. The van der Waals surface area contributed by atoms with Crippen molar-refractivity contribution < 1.29 is 9.53 Å². The van der Waals surface area contributed by atoms with E-state index in [1.807, 2.05) is 29.2 Å². The standard InChI is InChI=1S/C16H21ClN2O2/c1-16(12-6-8-18-9-7-12)11-19(15(20)10-21-16)14-4-2-13(17)3-5-14/h2-5,12,18H,6-11H2,1H3. The predicted octanol–water partition coefficient (Wildman–Crippen LogP) is 2.46. The molecule has 114 valence electrons. The number of hydrogen-bond acceptors (Lipinski definition) is 3. The van der Waals surface area contributed by atoms with Crippen LogP contribution in [0.25, 0.3) is 0 Å². The monoisotopic (exact) mass is 308 g/mol. The minimum absolute atomic E-state index is 0.0173. The van der Waals surface area contributed by atoms with Crippen molar-refractivity contribution in [3.05, 3.63) is 29.3 Å². The first-order chi connectivity index (χ1) is 10.1. The van der Waals surface area contributed by atoms with Crippen LogP contribution >= 0.6 is 11.6 Å².